The van der Waals surface area contributed by atoms with Crippen molar-refractivity contribution in [3.05, 3.63) is 29.3 Å². The van der Waals surface area contributed by atoms with Crippen molar-refractivity contribution in [2.75, 3.05) is 18.0 Å². The van der Waals surface area contributed by atoms with Gasteiger partial charge in [-0.3, -0.25) is 9.59 Å². The van der Waals surface area contributed by atoms with Crippen molar-refractivity contribution in [1.82, 2.24) is 0 Å². The van der Waals surface area contributed by atoms with Crippen molar-refractivity contribution in [2.24, 2.45) is 0 Å². The number of carbonyl (C=O) groups is 2. The summed E-state index contributed by atoms with van der Waals surface area (Å²) in [4.78, 5) is 25.0. The molecule has 0 aliphatic carbocycles. The Kier molecular flexibility index (Phi) is 6.63. The topological polar surface area (TPSA) is 57.6 Å². The first-order chi connectivity index (χ1) is 11.1. The molecule has 4 heteroatoms. The highest BCUT2D eigenvalue weighted by Gasteiger charge is 2.20. The van der Waals surface area contributed by atoms with Gasteiger partial charge in [-0.05, 0) is 36.6 Å². The Bertz CT molecular complexity index is 554. The van der Waals surface area contributed by atoms with Crippen LogP contribution in [-0.2, 0) is 11.2 Å². The number of aliphatic carboxylic acids is 1. The summed E-state index contributed by atoms with van der Waals surface area (Å²) in [5.74, 6) is -0.998. The zero-order valence-electron chi connectivity index (χ0n) is 14.0. The third-order valence-electron chi connectivity index (χ3n) is 4.49. The lowest BCUT2D eigenvalue weighted by atomic mass is 10.0. The summed E-state index contributed by atoms with van der Waals surface area (Å²) in [6.45, 7) is 4.34. The number of hydrogen-bond acceptors (Lipinski definition) is 3. The Hall–Kier alpha value is -1.84. The molecule has 0 bridgehead atoms. The minimum absolute atomic E-state index is 0.0757. The molecule has 1 aliphatic rings. The van der Waals surface area contributed by atoms with Gasteiger partial charge in [0.15, 0.2) is 5.78 Å². The molecule has 0 radical (unpaired) electrons. The number of carboxylic acids is 1. The summed E-state index contributed by atoms with van der Waals surface area (Å²) in [6.07, 6.45) is 7.36. The normalized spacial score (nSPS) is 13.2. The number of unbranched alkanes of at least 4 members (excludes halogenated alkanes) is 4. The van der Waals surface area contributed by atoms with E-state index in [1.54, 1.807) is 0 Å². The van der Waals surface area contributed by atoms with E-state index in [0.29, 0.717) is 5.56 Å². The lowest BCUT2D eigenvalue weighted by Gasteiger charge is -2.19. The molecule has 23 heavy (non-hydrogen) atoms. The molecule has 0 fully saturated rings. The number of fused-ring (bicyclic) bond motifs is 1. The van der Waals surface area contributed by atoms with E-state index in [1.807, 2.05) is 18.2 Å². The molecular weight excluding hydrogens is 290 g/mol. The van der Waals surface area contributed by atoms with Gasteiger partial charge >= 0.3 is 5.97 Å². The predicted octanol–water partition coefficient (Wildman–Crippen LogP) is 4.07. The first-order valence-corrected chi connectivity index (χ1v) is 8.74. The maximum Gasteiger partial charge on any atom is 0.303 e. The zero-order valence-corrected chi connectivity index (χ0v) is 14.0. The summed E-state index contributed by atoms with van der Waals surface area (Å²) < 4.78 is 0. The van der Waals surface area contributed by atoms with Crippen molar-refractivity contribution in [3.8, 4) is 0 Å². The van der Waals surface area contributed by atoms with Gasteiger partial charge in [0.2, 0.25) is 0 Å². The van der Waals surface area contributed by atoms with Crippen LogP contribution in [-0.4, -0.2) is 29.9 Å². The molecule has 0 saturated heterocycles. The monoisotopic (exact) mass is 317 g/mol. The third kappa shape index (κ3) is 5.08. The lowest BCUT2D eigenvalue weighted by Crippen LogP contribution is -2.21. The second-order valence-electron chi connectivity index (χ2n) is 6.31. The van der Waals surface area contributed by atoms with Gasteiger partial charge < -0.3 is 10.0 Å². The van der Waals surface area contributed by atoms with Gasteiger partial charge in [0.05, 0.1) is 6.42 Å². The SMILES string of the molecule is CCCCCCCN1CCc2cc(C(=O)CCC(=O)O)ccc21. The highest BCUT2D eigenvalue weighted by atomic mass is 16.4. The number of Topliss-reactive ketones (excluding diaryl/α,β-unsaturated/α-hetero) is 1. The summed E-state index contributed by atoms with van der Waals surface area (Å²) in [6, 6.07) is 5.83. The van der Waals surface area contributed by atoms with Gasteiger partial charge in [-0.15, -0.1) is 0 Å². The van der Waals surface area contributed by atoms with Crippen molar-refractivity contribution in [3.63, 3.8) is 0 Å². The van der Waals surface area contributed by atoms with E-state index in [1.165, 1.54) is 43.4 Å². The maximum atomic E-state index is 12.0. The largest absolute Gasteiger partial charge is 0.481 e. The molecule has 4 nitrogen and oxygen atoms in total. The molecule has 0 amide bonds. The van der Waals surface area contributed by atoms with Crippen molar-refractivity contribution in [2.45, 2.75) is 58.3 Å². The Morgan fingerprint density at radius 3 is 2.65 bits per heavy atom. The van der Waals surface area contributed by atoms with Crippen LogP contribution in [0.1, 0.15) is 67.8 Å². The minimum atomic E-state index is -0.922. The Balaban J connectivity index is 1.89. The number of ketones is 1. The van der Waals surface area contributed by atoms with Crippen LogP contribution in [0.25, 0.3) is 0 Å². The van der Waals surface area contributed by atoms with Crippen LogP contribution in [0.3, 0.4) is 0 Å². The standard InChI is InChI=1S/C19H27NO3/c1-2-3-4-5-6-12-20-13-11-15-14-16(7-8-17(15)20)18(21)9-10-19(22)23/h7-8,14H,2-6,9-13H2,1H3,(H,22,23). The summed E-state index contributed by atoms with van der Waals surface area (Å²) in [7, 11) is 0. The van der Waals surface area contributed by atoms with Crippen molar-refractivity contribution in [1.29, 1.82) is 0 Å². The van der Waals surface area contributed by atoms with E-state index in [0.717, 1.165) is 19.5 Å². The fourth-order valence-corrected chi connectivity index (χ4v) is 3.15. The molecule has 1 aromatic carbocycles. The Morgan fingerprint density at radius 1 is 1.13 bits per heavy atom. The average Bonchev–Trinajstić information content (AvgIpc) is 2.94. The number of nitrogens with zero attached hydrogens (tertiary/aromatic N) is 1. The fraction of sp³-hybridized carbons (Fsp3) is 0.579. The van der Waals surface area contributed by atoms with Gasteiger partial charge in [-0.25, -0.2) is 0 Å². The highest BCUT2D eigenvalue weighted by molar-refractivity contribution is 5.98. The van der Waals surface area contributed by atoms with Gasteiger partial charge in [0, 0.05) is 30.8 Å². The van der Waals surface area contributed by atoms with Gasteiger partial charge in [-0.2, -0.15) is 0 Å². The molecule has 0 atom stereocenters. The first kappa shape index (κ1) is 17.5. The molecular formula is C19H27NO3. The second kappa shape index (κ2) is 8.70. The molecule has 1 N–H and O–H groups in total. The molecule has 0 spiro atoms. The molecule has 1 aromatic rings. The highest BCUT2D eigenvalue weighted by Crippen LogP contribution is 2.29. The number of carboxylic acid groups (broad SMARTS) is 1. The van der Waals surface area contributed by atoms with Crippen LogP contribution in [0.5, 0.6) is 0 Å². The molecule has 0 aromatic heterocycles. The fourth-order valence-electron chi connectivity index (χ4n) is 3.15. The number of rotatable bonds is 10. The van der Waals surface area contributed by atoms with E-state index in [-0.39, 0.29) is 18.6 Å². The Labute approximate surface area is 138 Å². The van der Waals surface area contributed by atoms with Crippen LogP contribution in [0.2, 0.25) is 0 Å². The molecule has 126 valence electrons. The van der Waals surface area contributed by atoms with Crippen molar-refractivity contribution < 1.29 is 14.7 Å². The van der Waals surface area contributed by atoms with Crippen LogP contribution in [0.4, 0.5) is 5.69 Å². The van der Waals surface area contributed by atoms with E-state index in [2.05, 4.69) is 11.8 Å². The average molecular weight is 317 g/mol. The zero-order chi connectivity index (χ0) is 16.7. The summed E-state index contributed by atoms with van der Waals surface area (Å²) in [5, 5.41) is 8.68. The summed E-state index contributed by atoms with van der Waals surface area (Å²) >= 11 is 0. The van der Waals surface area contributed by atoms with Gasteiger partial charge in [0.25, 0.3) is 0 Å². The number of hydrogen-bond donors (Lipinski definition) is 1. The predicted molar refractivity (Wildman–Crippen MR) is 92.3 cm³/mol. The Morgan fingerprint density at radius 2 is 1.91 bits per heavy atom. The van der Waals surface area contributed by atoms with Gasteiger partial charge in [0.1, 0.15) is 0 Å². The van der Waals surface area contributed by atoms with Crippen LogP contribution in [0.15, 0.2) is 18.2 Å². The molecule has 2 rings (SSSR count). The quantitative estimate of drug-likeness (QED) is 0.522. The number of anilines is 1. The molecule has 0 unspecified atom stereocenters. The smallest absolute Gasteiger partial charge is 0.303 e. The van der Waals surface area contributed by atoms with E-state index < -0.39 is 5.97 Å². The second-order valence-corrected chi connectivity index (χ2v) is 6.31. The van der Waals surface area contributed by atoms with Crippen LogP contribution in [0, 0.1) is 0 Å². The third-order valence-corrected chi connectivity index (χ3v) is 4.49. The maximum absolute atomic E-state index is 12.0. The number of carbonyl (C=O) groups excluding carboxylic acids is 1. The lowest BCUT2D eigenvalue weighted by molar-refractivity contribution is -0.136. The first-order valence-electron chi connectivity index (χ1n) is 8.74. The van der Waals surface area contributed by atoms with E-state index >= 15 is 0 Å². The van der Waals surface area contributed by atoms with Crippen LogP contribution < -0.4 is 4.90 Å². The van der Waals surface area contributed by atoms with Gasteiger partial charge in [-0.1, -0.05) is 32.6 Å². The molecule has 1 aliphatic heterocycles. The molecule has 0 saturated carbocycles. The summed E-state index contributed by atoms with van der Waals surface area (Å²) in [5.41, 5.74) is 3.12. The van der Waals surface area contributed by atoms with Crippen LogP contribution >= 0.6 is 0 Å². The minimum Gasteiger partial charge on any atom is -0.481 e. The molecule has 1 heterocycles. The van der Waals surface area contributed by atoms with E-state index in [9.17, 15) is 9.59 Å². The van der Waals surface area contributed by atoms with E-state index in [4.69, 9.17) is 5.11 Å². The number of benzene rings is 1. The van der Waals surface area contributed by atoms with Crippen molar-refractivity contribution >= 4 is 17.4 Å².